The van der Waals surface area contributed by atoms with E-state index in [4.69, 9.17) is 0 Å². The summed E-state index contributed by atoms with van der Waals surface area (Å²) in [5.41, 5.74) is 3.53. The number of rotatable bonds is 3. The summed E-state index contributed by atoms with van der Waals surface area (Å²) in [4.78, 5) is 4.67. The number of nitrogens with zero attached hydrogens (tertiary/aromatic N) is 2. The van der Waals surface area contributed by atoms with Gasteiger partial charge in [-0.05, 0) is 34.5 Å². The normalized spacial score (nSPS) is 11.5. The molecule has 0 aliphatic rings. The second kappa shape index (κ2) is 7.25. The summed E-state index contributed by atoms with van der Waals surface area (Å²) in [5.74, 6) is 0. The van der Waals surface area contributed by atoms with E-state index in [2.05, 4.69) is 45.2 Å². The number of hydrogen-bond acceptors (Lipinski definition) is 3. The minimum absolute atomic E-state index is 0.578. The van der Waals surface area contributed by atoms with Gasteiger partial charge in [-0.3, -0.25) is 0 Å². The van der Waals surface area contributed by atoms with Crippen LogP contribution in [-0.2, 0) is 0 Å². The lowest BCUT2D eigenvalue weighted by Crippen LogP contribution is -1.84. The minimum Gasteiger partial charge on any atom is -0.235 e. The third kappa shape index (κ3) is 3.32. The van der Waals surface area contributed by atoms with Gasteiger partial charge in [0.1, 0.15) is 11.1 Å². The van der Waals surface area contributed by atoms with Crippen molar-refractivity contribution in [1.82, 2.24) is 4.98 Å². The van der Waals surface area contributed by atoms with Crippen molar-refractivity contribution >= 4 is 49.7 Å². The highest BCUT2D eigenvalue weighted by atomic mass is 79.9. The lowest BCUT2D eigenvalue weighted by molar-refractivity contribution is 1.37. The maximum atomic E-state index is 9.67. The molecule has 0 bridgehead atoms. The Balaban J connectivity index is 1.75. The Hall–Kier alpha value is -2.74. The van der Waals surface area contributed by atoms with Crippen LogP contribution in [0.2, 0.25) is 0 Å². The molecule has 0 amide bonds. The number of nitriles is 1. The summed E-state index contributed by atoms with van der Waals surface area (Å²) in [7, 11) is 0. The zero-order valence-electron chi connectivity index (χ0n) is 13.7. The van der Waals surface area contributed by atoms with Gasteiger partial charge >= 0.3 is 0 Å². The van der Waals surface area contributed by atoms with E-state index in [0.29, 0.717) is 5.57 Å². The zero-order valence-corrected chi connectivity index (χ0v) is 16.1. The molecular weight excluding hydrogens is 404 g/mol. The maximum absolute atomic E-state index is 9.67. The number of halogens is 1. The van der Waals surface area contributed by atoms with E-state index in [1.807, 2.05) is 60.0 Å². The van der Waals surface area contributed by atoms with Crippen molar-refractivity contribution in [2.45, 2.75) is 0 Å². The molecule has 0 spiro atoms. The third-order valence-corrected chi connectivity index (χ3v) is 5.52. The molecule has 0 atom stereocenters. The summed E-state index contributed by atoms with van der Waals surface area (Å²) in [6, 6.07) is 24.6. The number of thiazole rings is 1. The summed E-state index contributed by atoms with van der Waals surface area (Å²) in [6.07, 6.45) is 1.92. The molecule has 0 aliphatic carbocycles. The maximum Gasteiger partial charge on any atom is 0.134 e. The van der Waals surface area contributed by atoms with E-state index >= 15 is 0 Å². The molecule has 2 nitrogen and oxygen atoms in total. The van der Waals surface area contributed by atoms with Crippen molar-refractivity contribution in [3.8, 4) is 17.3 Å². The summed E-state index contributed by atoms with van der Waals surface area (Å²) in [5, 5.41) is 14.7. The van der Waals surface area contributed by atoms with Gasteiger partial charge in [0, 0.05) is 15.4 Å². The fraction of sp³-hybridized carbons (Fsp3) is 0. The Morgan fingerprint density at radius 3 is 2.58 bits per heavy atom. The number of benzene rings is 3. The first-order valence-electron chi connectivity index (χ1n) is 8.06. The van der Waals surface area contributed by atoms with E-state index in [1.165, 1.54) is 11.3 Å². The Labute approximate surface area is 164 Å². The van der Waals surface area contributed by atoms with Crippen LogP contribution in [0, 0.1) is 11.3 Å². The van der Waals surface area contributed by atoms with Crippen LogP contribution >= 0.6 is 27.3 Å². The molecule has 0 N–H and O–H groups in total. The SMILES string of the molecule is N#CC(=Cc1cccc2ccccc12)c1nc(-c2ccc(Br)cc2)cs1. The van der Waals surface area contributed by atoms with Crippen molar-refractivity contribution in [2.24, 2.45) is 0 Å². The summed E-state index contributed by atoms with van der Waals surface area (Å²) in [6.45, 7) is 0. The van der Waals surface area contributed by atoms with E-state index in [-0.39, 0.29) is 0 Å². The molecule has 0 radical (unpaired) electrons. The van der Waals surface area contributed by atoms with Crippen LogP contribution in [0.5, 0.6) is 0 Å². The lowest BCUT2D eigenvalue weighted by Gasteiger charge is -2.02. The molecule has 0 fully saturated rings. The number of hydrogen-bond donors (Lipinski definition) is 0. The van der Waals surface area contributed by atoms with Gasteiger partial charge in [-0.1, -0.05) is 70.5 Å². The van der Waals surface area contributed by atoms with Crippen LogP contribution in [0.15, 0.2) is 76.6 Å². The molecule has 1 aromatic heterocycles. The van der Waals surface area contributed by atoms with Gasteiger partial charge in [-0.2, -0.15) is 5.26 Å². The van der Waals surface area contributed by atoms with Crippen molar-refractivity contribution in [3.05, 3.63) is 87.2 Å². The molecule has 124 valence electrons. The number of aromatic nitrogens is 1. The first-order chi connectivity index (χ1) is 12.7. The van der Waals surface area contributed by atoms with Gasteiger partial charge in [0.05, 0.1) is 11.3 Å². The summed E-state index contributed by atoms with van der Waals surface area (Å²) < 4.78 is 1.03. The Kier molecular flexibility index (Phi) is 4.66. The van der Waals surface area contributed by atoms with Crippen molar-refractivity contribution < 1.29 is 0 Å². The zero-order chi connectivity index (χ0) is 17.9. The molecule has 0 aliphatic heterocycles. The van der Waals surface area contributed by atoms with E-state index in [0.717, 1.165) is 37.1 Å². The molecule has 26 heavy (non-hydrogen) atoms. The van der Waals surface area contributed by atoms with E-state index in [9.17, 15) is 5.26 Å². The first-order valence-corrected chi connectivity index (χ1v) is 9.73. The van der Waals surface area contributed by atoms with Crippen LogP contribution in [-0.4, -0.2) is 4.98 Å². The number of allylic oxidation sites excluding steroid dienone is 1. The van der Waals surface area contributed by atoms with Gasteiger partial charge in [-0.15, -0.1) is 11.3 Å². The lowest BCUT2D eigenvalue weighted by atomic mass is 10.0. The fourth-order valence-electron chi connectivity index (χ4n) is 2.82. The highest BCUT2D eigenvalue weighted by molar-refractivity contribution is 9.10. The second-order valence-electron chi connectivity index (χ2n) is 5.78. The molecule has 3 aromatic carbocycles. The summed E-state index contributed by atoms with van der Waals surface area (Å²) >= 11 is 4.94. The van der Waals surface area contributed by atoms with Gasteiger partial charge < -0.3 is 0 Å². The van der Waals surface area contributed by atoms with Crippen LogP contribution < -0.4 is 0 Å². The van der Waals surface area contributed by atoms with Gasteiger partial charge in [0.15, 0.2) is 0 Å². The van der Waals surface area contributed by atoms with Crippen LogP contribution in [0.3, 0.4) is 0 Å². The topological polar surface area (TPSA) is 36.7 Å². The van der Waals surface area contributed by atoms with Crippen molar-refractivity contribution in [3.63, 3.8) is 0 Å². The molecule has 1 heterocycles. The molecule has 0 saturated heterocycles. The average molecular weight is 417 g/mol. The highest BCUT2D eigenvalue weighted by Gasteiger charge is 2.10. The monoisotopic (exact) mass is 416 g/mol. The largest absolute Gasteiger partial charge is 0.235 e. The molecule has 0 unspecified atom stereocenters. The average Bonchev–Trinajstić information content (AvgIpc) is 3.16. The predicted octanol–water partition coefficient (Wildman–Crippen LogP) is 6.79. The third-order valence-electron chi connectivity index (χ3n) is 4.12. The minimum atomic E-state index is 0.578. The fourth-order valence-corrected chi connectivity index (χ4v) is 3.88. The molecular formula is C22H13BrN2S. The Morgan fingerprint density at radius 2 is 1.77 bits per heavy atom. The van der Waals surface area contributed by atoms with Gasteiger partial charge in [-0.25, -0.2) is 4.98 Å². The standard InChI is InChI=1S/C22H13BrN2S/c23-19-10-8-16(9-11-19)21-14-26-22(25-21)18(13-24)12-17-6-3-5-15-4-1-2-7-20(15)17/h1-12,14H. The van der Waals surface area contributed by atoms with Crippen molar-refractivity contribution in [2.75, 3.05) is 0 Å². The quantitative estimate of drug-likeness (QED) is 0.344. The van der Waals surface area contributed by atoms with E-state index in [1.54, 1.807) is 0 Å². The van der Waals surface area contributed by atoms with Crippen LogP contribution in [0.4, 0.5) is 0 Å². The first kappa shape index (κ1) is 16.7. The molecule has 4 rings (SSSR count). The van der Waals surface area contributed by atoms with Crippen LogP contribution in [0.25, 0.3) is 33.7 Å². The van der Waals surface area contributed by atoms with Crippen molar-refractivity contribution in [1.29, 1.82) is 5.26 Å². The highest BCUT2D eigenvalue weighted by Crippen LogP contribution is 2.29. The van der Waals surface area contributed by atoms with Gasteiger partial charge in [0.25, 0.3) is 0 Å². The Morgan fingerprint density at radius 1 is 1.00 bits per heavy atom. The Bertz CT molecular complexity index is 1150. The smallest absolute Gasteiger partial charge is 0.134 e. The second-order valence-corrected chi connectivity index (χ2v) is 7.56. The molecule has 4 aromatic rings. The number of fused-ring (bicyclic) bond motifs is 1. The predicted molar refractivity (Wildman–Crippen MR) is 113 cm³/mol. The van der Waals surface area contributed by atoms with Crippen LogP contribution in [0.1, 0.15) is 10.6 Å². The van der Waals surface area contributed by atoms with E-state index < -0.39 is 0 Å². The van der Waals surface area contributed by atoms with Gasteiger partial charge in [0.2, 0.25) is 0 Å². The molecule has 4 heteroatoms. The molecule has 0 saturated carbocycles.